The number of rotatable bonds is 4. The van der Waals surface area contributed by atoms with Gasteiger partial charge in [0, 0.05) is 25.7 Å². The summed E-state index contributed by atoms with van der Waals surface area (Å²) in [6.45, 7) is 7.84. The van der Waals surface area contributed by atoms with Crippen molar-refractivity contribution in [3.8, 4) is 6.07 Å². The van der Waals surface area contributed by atoms with Crippen LogP contribution in [0.1, 0.15) is 39.5 Å². The maximum atomic E-state index is 9.36. The Labute approximate surface area is 98.8 Å². The molecule has 2 rings (SSSR count). The van der Waals surface area contributed by atoms with Crippen LogP contribution in [0.15, 0.2) is 0 Å². The first kappa shape index (κ1) is 11.9. The molecule has 0 aromatic carbocycles. The SMILES string of the molecule is CC(C)CN1CCC(C#N)(NC2CC2)CC1. The summed E-state index contributed by atoms with van der Waals surface area (Å²) in [6.07, 6.45) is 4.51. The lowest BCUT2D eigenvalue weighted by molar-refractivity contribution is 0.152. The van der Waals surface area contributed by atoms with E-state index in [9.17, 15) is 5.26 Å². The van der Waals surface area contributed by atoms with Crippen molar-refractivity contribution >= 4 is 0 Å². The standard InChI is InChI=1S/C13H23N3/c1-11(2)9-16-7-5-13(10-14,6-8-16)15-12-3-4-12/h11-12,15H,3-9H2,1-2H3. The molecule has 0 bridgehead atoms. The fourth-order valence-corrected chi connectivity index (χ4v) is 2.54. The van der Waals surface area contributed by atoms with Crippen LogP contribution in [-0.2, 0) is 0 Å². The van der Waals surface area contributed by atoms with Crippen LogP contribution in [0.25, 0.3) is 0 Å². The van der Waals surface area contributed by atoms with E-state index in [1.807, 2.05) is 0 Å². The minimum Gasteiger partial charge on any atom is -0.303 e. The molecule has 0 aromatic heterocycles. The van der Waals surface area contributed by atoms with Gasteiger partial charge in [0.2, 0.25) is 0 Å². The molecule has 90 valence electrons. The van der Waals surface area contributed by atoms with E-state index in [4.69, 9.17) is 0 Å². The molecule has 1 aliphatic heterocycles. The summed E-state index contributed by atoms with van der Waals surface area (Å²) in [7, 11) is 0. The topological polar surface area (TPSA) is 39.1 Å². The van der Waals surface area contributed by atoms with Crippen LogP contribution >= 0.6 is 0 Å². The smallest absolute Gasteiger partial charge is 0.109 e. The molecule has 0 amide bonds. The van der Waals surface area contributed by atoms with E-state index >= 15 is 0 Å². The molecule has 1 saturated heterocycles. The zero-order chi connectivity index (χ0) is 11.6. The largest absolute Gasteiger partial charge is 0.303 e. The third-order valence-corrected chi connectivity index (χ3v) is 3.60. The molecule has 0 spiro atoms. The van der Waals surface area contributed by atoms with Crippen molar-refractivity contribution in [3.05, 3.63) is 0 Å². The summed E-state index contributed by atoms with van der Waals surface area (Å²) < 4.78 is 0. The predicted molar refractivity (Wildman–Crippen MR) is 65.0 cm³/mol. The average Bonchev–Trinajstić information content (AvgIpc) is 3.04. The Morgan fingerprint density at radius 3 is 2.44 bits per heavy atom. The van der Waals surface area contributed by atoms with Crippen molar-refractivity contribution in [2.75, 3.05) is 19.6 Å². The average molecular weight is 221 g/mol. The van der Waals surface area contributed by atoms with Gasteiger partial charge in [-0.05, 0) is 31.6 Å². The number of hydrogen-bond donors (Lipinski definition) is 1. The molecule has 1 aliphatic carbocycles. The van der Waals surface area contributed by atoms with Gasteiger partial charge in [-0.1, -0.05) is 13.8 Å². The lowest BCUT2D eigenvalue weighted by Crippen LogP contribution is -2.53. The molecule has 0 radical (unpaired) electrons. The van der Waals surface area contributed by atoms with Gasteiger partial charge in [-0.3, -0.25) is 5.32 Å². The Kier molecular flexibility index (Phi) is 3.51. The fraction of sp³-hybridized carbons (Fsp3) is 0.923. The fourth-order valence-electron chi connectivity index (χ4n) is 2.54. The Morgan fingerprint density at radius 1 is 1.38 bits per heavy atom. The Bertz CT molecular complexity index is 267. The Balaban J connectivity index is 1.83. The number of nitrogens with zero attached hydrogens (tertiary/aromatic N) is 2. The first-order valence-corrected chi connectivity index (χ1v) is 6.55. The van der Waals surface area contributed by atoms with Crippen molar-refractivity contribution in [1.82, 2.24) is 10.2 Å². The van der Waals surface area contributed by atoms with Crippen LogP contribution < -0.4 is 5.32 Å². The number of nitrogens with one attached hydrogen (secondary N) is 1. The zero-order valence-corrected chi connectivity index (χ0v) is 10.5. The summed E-state index contributed by atoms with van der Waals surface area (Å²) in [5.41, 5.74) is -0.214. The van der Waals surface area contributed by atoms with Crippen molar-refractivity contribution in [1.29, 1.82) is 5.26 Å². The molecule has 3 nitrogen and oxygen atoms in total. The van der Waals surface area contributed by atoms with E-state index in [1.165, 1.54) is 19.4 Å². The summed E-state index contributed by atoms with van der Waals surface area (Å²) in [6, 6.07) is 3.16. The predicted octanol–water partition coefficient (Wildman–Crippen LogP) is 1.75. The lowest BCUT2D eigenvalue weighted by atomic mass is 9.88. The van der Waals surface area contributed by atoms with Crippen LogP contribution in [0.2, 0.25) is 0 Å². The van der Waals surface area contributed by atoms with Crippen molar-refractivity contribution in [2.24, 2.45) is 5.92 Å². The quantitative estimate of drug-likeness (QED) is 0.786. The van der Waals surface area contributed by atoms with Crippen LogP contribution in [0, 0.1) is 17.2 Å². The number of nitriles is 1. The Hall–Kier alpha value is -0.590. The van der Waals surface area contributed by atoms with E-state index in [0.29, 0.717) is 6.04 Å². The first-order chi connectivity index (χ1) is 7.63. The Morgan fingerprint density at radius 2 is 2.00 bits per heavy atom. The van der Waals surface area contributed by atoms with E-state index < -0.39 is 0 Å². The monoisotopic (exact) mass is 221 g/mol. The molecule has 1 heterocycles. The summed E-state index contributed by atoms with van der Waals surface area (Å²) in [5, 5.41) is 12.9. The van der Waals surface area contributed by atoms with Gasteiger partial charge in [0.25, 0.3) is 0 Å². The highest BCUT2D eigenvalue weighted by Crippen LogP contribution is 2.28. The second-order valence-corrected chi connectivity index (χ2v) is 5.81. The van der Waals surface area contributed by atoms with E-state index in [2.05, 4.69) is 30.1 Å². The first-order valence-electron chi connectivity index (χ1n) is 6.55. The van der Waals surface area contributed by atoms with Crippen LogP contribution in [-0.4, -0.2) is 36.1 Å². The molecule has 3 heteroatoms. The van der Waals surface area contributed by atoms with Gasteiger partial charge in [0.1, 0.15) is 5.54 Å². The van der Waals surface area contributed by atoms with E-state index in [-0.39, 0.29) is 5.54 Å². The van der Waals surface area contributed by atoms with E-state index in [0.717, 1.165) is 31.8 Å². The molecule has 0 unspecified atom stereocenters. The molecule has 16 heavy (non-hydrogen) atoms. The minimum atomic E-state index is -0.214. The number of hydrogen-bond acceptors (Lipinski definition) is 3. The lowest BCUT2D eigenvalue weighted by Gasteiger charge is -2.38. The maximum absolute atomic E-state index is 9.36. The van der Waals surface area contributed by atoms with Crippen LogP contribution in [0.5, 0.6) is 0 Å². The summed E-state index contributed by atoms with van der Waals surface area (Å²) in [5.74, 6) is 0.728. The molecule has 0 atom stereocenters. The van der Waals surface area contributed by atoms with Gasteiger partial charge < -0.3 is 4.90 Å². The van der Waals surface area contributed by atoms with Crippen molar-refractivity contribution < 1.29 is 0 Å². The zero-order valence-electron chi connectivity index (χ0n) is 10.5. The molecular formula is C13H23N3. The molecule has 0 aromatic rings. The maximum Gasteiger partial charge on any atom is 0.109 e. The van der Waals surface area contributed by atoms with E-state index in [1.54, 1.807) is 0 Å². The molecule has 2 aliphatic rings. The van der Waals surface area contributed by atoms with Crippen molar-refractivity contribution in [3.63, 3.8) is 0 Å². The molecule has 2 fully saturated rings. The normalized spacial score (nSPS) is 25.6. The molecule has 1 saturated carbocycles. The highest BCUT2D eigenvalue weighted by molar-refractivity contribution is 5.12. The van der Waals surface area contributed by atoms with Crippen molar-refractivity contribution in [2.45, 2.75) is 51.1 Å². The molecular weight excluding hydrogens is 198 g/mol. The van der Waals surface area contributed by atoms with Gasteiger partial charge in [-0.15, -0.1) is 0 Å². The summed E-state index contributed by atoms with van der Waals surface area (Å²) in [4.78, 5) is 2.49. The molecule has 1 N–H and O–H groups in total. The van der Waals surface area contributed by atoms with Gasteiger partial charge in [0.05, 0.1) is 6.07 Å². The number of likely N-dealkylation sites (tertiary alicyclic amines) is 1. The summed E-state index contributed by atoms with van der Waals surface area (Å²) >= 11 is 0. The third kappa shape index (κ3) is 2.96. The van der Waals surface area contributed by atoms with Gasteiger partial charge in [-0.2, -0.15) is 5.26 Å². The second kappa shape index (κ2) is 4.73. The highest BCUT2D eigenvalue weighted by Gasteiger charge is 2.38. The second-order valence-electron chi connectivity index (χ2n) is 5.81. The van der Waals surface area contributed by atoms with Gasteiger partial charge in [0.15, 0.2) is 0 Å². The highest BCUT2D eigenvalue weighted by atomic mass is 15.2. The van der Waals surface area contributed by atoms with Gasteiger partial charge >= 0.3 is 0 Å². The minimum absolute atomic E-state index is 0.214. The van der Waals surface area contributed by atoms with Gasteiger partial charge in [-0.25, -0.2) is 0 Å². The number of piperidine rings is 1. The van der Waals surface area contributed by atoms with Crippen LogP contribution in [0.4, 0.5) is 0 Å². The third-order valence-electron chi connectivity index (χ3n) is 3.60. The van der Waals surface area contributed by atoms with Crippen LogP contribution in [0.3, 0.4) is 0 Å².